The van der Waals surface area contributed by atoms with Gasteiger partial charge in [0.1, 0.15) is 25.5 Å². The molecule has 1 aromatic heterocycles. The van der Waals surface area contributed by atoms with Gasteiger partial charge in [0.2, 0.25) is 0 Å². The third kappa shape index (κ3) is 3.57. The van der Waals surface area contributed by atoms with Crippen LogP contribution in [0.2, 0.25) is 0 Å². The van der Waals surface area contributed by atoms with Crippen molar-refractivity contribution in [1.29, 1.82) is 0 Å². The van der Waals surface area contributed by atoms with E-state index in [2.05, 4.69) is 21.1 Å². The Bertz CT molecular complexity index is 953. The van der Waals surface area contributed by atoms with Gasteiger partial charge in [-0.25, -0.2) is 4.79 Å². The Morgan fingerprint density at radius 1 is 1.08 bits per heavy atom. The summed E-state index contributed by atoms with van der Waals surface area (Å²) in [7, 11) is 0. The normalized spacial score (nSPS) is 12.7. The summed E-state index contributed by atoms with van der Waals surface area (Å²) in [6.07, 6.45) is 0. The maximum atomic E-state index is 12.1. The lowest BCUT2D eigenvalue weighted by molar-refractivity contribution is 0.0464. The third-order valence-electron chi connectivity index (χ3n) is 3.80. The van der Waals surface area contributed by atoms with E-state index < -0.39 is 5.97 Å². The molecule has 0 radical (unpaired) electrons. The molecule has 26 heavy (non-hydrogen) atoms. The molecule has 6 nitrogen and oxygen atoms in total. The van der Waals surface area contributed by atoms with E-state index in [1.807, 2.05) is 24.3 Å². The molecule has 4 rings (SSSR count). The fourth-order valence-corrected chi connectivity index (χ4v) is 2.95. The summed E-state index contributed by atoms with van der Waals surface area (Å²) in [6, 6.07) is 14.3. The molecule has 0 aliphatic carbocycles. The number of nitrogens with zero attached hydrogens (tertiary/aromatic N) is 1. The van der Waals surface area contributed by atoms with Crippen LogP contribution < -0.4 is 9.47 Å². The lowest BCUT2D eigenvalue weighted by Crippen LogP contribution is -2.15. The van der Waals surface area contributed by atoms with Crippen molar-refractivity contribution in [3.63, 3.8) is 0 Å². The first-order valence-corrected chi connectivity index (χ1v) is 8.77. The molecule has 0 atom stereocenters. The maximum Gasteiger partial charge on any atom is 0.338 e. The molecular formula is C19H14BrNO5. The number of benzene rings is 2. The Balaban J connectivity index is 1.44. The predicted octanol–water partition coefficient (Wildman–Crippen LogP) is 4.23. The van der Waals surface area contributed by atoms with Gasteiger partial charge in [-0.2, -0.15) is 0 Å². The van der Waals surface area contributed by atoms with Gasteiger partial charge in [-0.05, 0) is 36.4 Å². The number of hydrogen-bond donors (Lipinski definition) is 0. The topological polar surface area (TPSA) is 70.8 Å². The molecule has 0 N–H and O–H groups in total. The van der Waals surface area contributed by atoms with E-state index in [0.29, 0.717) is 41.7 Å². The van der Waals surface area contributed by atoms with Crippen LogP contribution in [0.5, 0.6) is 11.5 Å². The van der Waals surface area contributed by atoms with Gasteiger partial charge in [0, 0.05) is 16.1 Å². The van der Waals surface area contributed by atoms with Crippen LogP contribution >= 0.6 is 15.9 Å². The number of carbonyl (C=O) groups is 1. The molecule has 2 heterocycles. The zero-order chi connectivity index (χ0) is 17.9. The van der Waals surface area contributed by atoms with Crippen LogP contribution in [0.1, 0.15) is 16.1 Å². The van der Waals surface area contributed by atoms with Gasteiger partial charge in [0.05, 0.1) is 5.56 Å². The van der Waals surface area contributed by atoms with E-state index in [-0.39, 0.29) is 6.61 Å². The van der Waals surface area contributed by atoms with Crippen molar-refractivity contribution in [3.05, 3.63) is 64.3 Å². The number of carbonyl (C=O) groups excluding carboxylic acids is 1. The van der Waals surface area contributed by atoms with Crippen molar-refractivity contribution in [2.75, 3.05) is 13.2 Å². The number of fused-ring (bicyclic) bond motifs is 1. The highest BCUT2D eigenvalue weighted by Crippen LogP contribution is 2.34. The fraction of sp³-hybridized carbons (Fsp3) is 0.158. The predicted molar refractivity (Wildman–Crippen MR) is 96.2 cm³/mol. The van der Waals surface area contributed by atoms with E-state index in [1.165, 1.54) is 0 Å². The van der Waals surface area contributed by atoms with E-state index in [4.69, 9.17) is 18.7 Å². The fourth-order valence-electron chi connectivity index (χ4n) is 2.55. The third-order valence-corrected chi connectivity index (χ3v) is 4.29. The smallest absolute Gasteiger partial charge is 0.338 e. The number of rotatable bonds is 4. The standard InChI is InChI=1S/C19H14BrNO5/c20-14-3-1-2-13(8-14)19(22)25-11-15-10-17(26-21-15)12-4-5-16-18(9-12)24-7-6-23-16/h1-5,8-10H,6-7,11H2. The van der Waals surface area contributed by atoms with Crippen molar-refractivity contribution in [3.8, 4) is 22.8 Å². The molecule has 3 aromatic rings. The van der Waals surface area contributed by atoms with Gasteiger partial charge < -0.3 is 18.7 Å². The summed E-state index contributed by atoms with van der Waals surface area (Å²) in [5.74, 6) is 1.53. The van der Waals surface area contributed by atoms with E-state index in [1.54, 1.807) is 24.3 Å². The lowest BCUT2D eigenvalue weighted by atomic mass is 10.1. The Morgan fingerprint density at radius 2 is 1.92 bits per heavy atom. The zero-order valence-corrected chi connectivity index (χ0v) is 15.2. The Hall–Kier alpha value is -2.80. The van der Waals surface area contributed by atoms with Crippen LogP contribution in [0, 0.1) is 0 Å². The lowest BCUT2D eigenvalue weighted by Gasteiger charge is -2.18. The SMILES string of the molecule is O=C(OCc1cc(-c2ccc3c(c2)OCCO3)on1)c1cccc(Br)c1. The quantitative estimate of drug-likeness (QED) is 0.593. The molecule has 7 heteroatoms. The van der Waals surface area contributed by atoms with Gasteiger partial charge >= 0.3 is 5.97 Å². The van der Waals surface area contributed by atoms with E-state index in [0.717, 1.165) is 10.0 Å². The first-order chi connectivity index (χ1) is 12.7. The molecule has 0 saturated carbocycles. The van der Waals surface area contributed by atoms with Crippen LogP contribution in [0.15, 0.2) is 57.5 Å². The zero-order valence-electron chi connectivity index (χ0n) is 13.6. The number of hydrogen-bond acceptors (Lipinski definition) is 6. The van der Waals surface area contributed by atoms with Crippen molar-refractivity contribution in [2.24, 2.45) is 0 Å². The molecule has 1 aliphatic heterocycles. The second-order valence-electron chi connectivity index (χ2n) is 5.63. The largest absolute Gasteiger partial charge is 0.486 e. The first kappa shape index (κ1) is 16.7. The molecule has 0 saturated heterocycles. The minimum absolute atomic E-state index is 0.0272. The molecule has 0 unspecified atom stereocenters. The van der Waals surface area contributed by atoms with Crippen LogP contribution in [0.25, 0.3) is 11.3 Å². The Kier molecular flexibility index (Phi) is 4.62. The molecule has 0 amide bonds. The minimum atomic E-state index is -0.421. The molecule has 0 fully saturated rings. The van der Waals surface area contributed by atoms with Crippen molar-refractivity contribution < 1.29 is 23.5 Å². The average molecular weight is 416 g/mol. The summed E-state index contributed by atoms with van der Waals surface area (Å²) in [4.78, 5) is 12.1. The van der Waals surface area contributed by atoms with E-state index >= 15 is 0 Å². The number of esters is 1. The maximum absolute atomic E-state index is 12.1. The van der Waals surface area contributed by atoms with Crippen molar-refractivity contribution >= 4 is 21.9 Å². The summed E-state index contributed by atoms with van der Waals surface area (Å²) in [5, 5.41) is 3.95. The average Bonchev–Trinajstić information content (AvgIpc) is 3.15. The highest BCUT2D eigenvalue weighted by molar-refractivity contribution is 9.10. The highest BCUT2D eigenvalue weighted by atomic mass is 79.9. The number of ether oxygens (including phenoxy) is 3. The van der Waals surface area contributed by atoms with Gasteiger partial charge in [-0.15, -0.1) is 0 Å². The van der Waals surface area contributed by atoms with Crippen LogP contribution in [0.3, 0.4) is 0 Å². The molecular weight excluding hydrogens is 402 g/mol. The molecule has 0 bridgehead atoms. The summed E-state index contributed by atoms with van der Waals surface area (Å²) in [6.45, 7) is 1.09. The van der Waals surface area contributed by atoms with Crippen LogP contribution in [-0.4, -0.2) is 24.3 Å². The summed E-state index contributed by atoms with van der Waals surface area (Å²) < 4.78 is 22.5. The Morgan fingerprint density at radius 3 is 2.77 bits per heavy atom. The van der Waals surface area contributed by atoms with Crippen LogP contribution in [0.4, 0.5) is 0 Å². The summed E-state index contributed by atoms with van der Waals surface area (Å²) >= 11 is 3.33. The van der Waals surface area contributed by atoms with Gasteiger partial charge in [0.25, 0.3) is 0 Å². The van der Waals surface area contributed by atoms with Crippen molar-refractivity contribution in [1.82, 2.24) is 5.16 Å². The molecule has 132 valence electrons. The van der Waals surface area contributed by atoms with Gasteiger partial charge in [-0.1, -0.05) is 27.2 Å². The second-order valence-corrected chi connectivity index (χ2v) is 6.54. The number of halogens is 1. The Labute approximate surface area is 157 Å². The molecule has 0 spiro atoms. The van der Waals surface area contributed by atoms with E-state index in [9.17, 15) is 4.79 Å². The van der Waals surface area contributed by atoms with Crippen molar-refractivity contribution in [2.45, 2.75) is 6.61 Å². The first-order valence-electron chi connectivity index (χ1n) is 7.97. The monoisotopic (exact) mass is 415 g/mol. The van der Waals surface area contributed by atoms with Gasteiger partial charge in [-0.3, -0.25) is 0 Å². The number of aromatic nitrogens is 1. The van der Waals surface area contributed by atoms with Crippen LogP contribution in [-0.2, 0) is 11.3 Å². The highest BCUT2D eigenvalue weighted by Gasteiger charge is 2.15. The van der Waals surface area contributed by atoms with Gasteiger partial charge in [0.15, 0.2) is 17.3 Å². The second kappa shape index (κ2) is 7.21. The molecule has 1 aliphatic rings. The minimum Gasteiger partial charge on any atom is -0.486 e. The summed E-state index contributed by atoms with van der Waals surface area (Å²) in [5.41, 5.74) is 1.81. The molecule has 2 aromatic carbocycles.